The largest absolute Gasteiger partial charge is 0.481 e. The average Bonchev–Trinajstić information content (AvgIpc) is 2.73. The first-order valence-electron chi connectivity index (χ1n) is 6.38. The number of carboxylic acids is 1. The summed E-state index contributed by atoms with van der Waals surface area (Å²) in [5.74, 6) is -0.720. The molecule has 0 bridgehead atoms. The van der Waals surface area contributed by atoms with E-state index in [1.807, 2.05) is 6.20 Å². The van der Waals surface area contributed by atoms with Crippen molar-refractivity contribution in [2.75, 3.05) is 5.75 Å². The van der Waals surface area contributed by atoms with Gasteiger partial charge in [-0.2, -0.15) is 0 Å². The molecule has 1 heterocycles. The molecule has 18 heavy (non-hydrogen) atoms. The first-order valence-corrected chi connectivity index (χ1v) is 7.37. The number of carboxylic acid groups (broad SMARTS) is 1. The summed E-state index contributed by atoms with van der Waals surface area (Å²) >= 11 is 1.31. The third kappa shape index (κ3) is 2.88. The Bertz CT molecular complexity index is 428. The highest BCUT2D eigenvalue weighted by atomic mass is 32.2. The van der Waals surface area contributed by atoms with Gasteiger partial charge < -0.3 is 9.67 Å². The van der Waals surface area contributed by atoms with Gasteiger partial charge in [-0.3, -0.25) is 4.79 Å². The first kappa shape index (κ1) is 13.5. The molecular formula is C13H20N2O2S. The summed E-state index contributed by atoms with van der Waals surface area (Å²) in [6, 6.07) is 0.435. The highest BCUT2D eigenvalue weighted by molar-refractivity contribution is 7.99. The first-order chi connectivity index (χ1) is 8.50. The Hall–Kier alpha value is -0.970. The fraction of sp³-hybridized carbons (Fsp3) is 0.692. The summed E-state index contributed by atoms with van der Waals surface area (Å²) in [6.07, 6.45) is 8.67. The molecule has 5 heteroatoms. The monoisotopic (exact) mass is 268 g/mol. The van der Waals surface area contributed by atoms with Crippen molar-refractivity contribution in [3.05, 3.63) is 12.4 Å². The van der Waals surface area contributed by atoms with Gasteiger partial charge in [0.05, 0.1) is 5.75 Å². The van der Waals surface area contributed by atoms with Crippen LogP contribution in [0.4, 0.5) is 0 Å². The zero-order valence-corrected chi connectivity index (χ0v) is 11.7. The van der Waals surface area contributed by atoms with E-state index in [0.717, 1.165) is 11.6 Å². The second-order valence-electron chi connectivity index (χ2n) is 5.55. The normalized spacial score (nSPS) is 22.9. The van der Waals surface area contributed by atoms with Gasteiger partial charge in [0, 0.05) is 18.4 Å². The number of rotatable bonds is 4. The highest BCUT2D eigenvalue weighted by Gasteiger charge is 2.34. The van der Waals surface area contributed by atoms with Gasteiger partial charge in [-0.1, -0.05) is 38.5 Å². The van der Waals surface area contributed by atoms with Crippen molar-refractivity contribution >= 4 is 17.7 Å². The van der Waals surface area contributed by atoms with Crippen molar-refractivity contribution in [2.45, 2.75) is 50.7 Å². The lowest BCUT2D eigenvalue weighted by atomic mass is 9.73. The topological polar surface area (TPSA) is 55.1 Å². The van der Waals surface area contributed by atoms with Crippen molar-refractivity contribution in [3.63, 3.8) is 0 Å². The number of aliphatic carboxylic acids is 1. The van der Waals surface area contributed by atoms with Crippen LogP contribution in [-0.2, 0) is 4.79 Å². The van der Waals surface area contributed by atoms with Crippen molar-refractivity contribution in [2.24, 2.45) is 5.41 Å². The molecule has 100 valence electrons. The fourth-order valence-electron chi connectivity index (χ4n) is 2.77. The zero-order valence-electron chi connectivity index (χ0n) is 10.9. The standard InChI is InChI=1S/C13H20N2O2S/c1-13(2)6-4-3-5-10(13)15-8-7-14-12(15)18-9-11(16)17/h7-8,10H,3-6,9H2,1-2H3,(H,16,17). The summed E-state index contributed by atoms with van der Waals surface area (Å²) < 4.78 is 2.17. The number of aromatic nitrogens is 2. The summed E-state index contributed by atoms with van der Waals surface area (Å²) in [5, 5.41) is 9.59. The van der Waals surface area contributed by atoms with E-state index in [0.29, 0.717) is 6.04 Å². The molecule has 1 unspecified atom stereocenters. The summed E-state index contributed by atoms with van der Waals surface area (Å²) in [7, 11) is 0. The Kier molecular flexibility index (Phi) is 4.00. The van der Waals surface area contributed by atoms with Crippen molar-refractivity contribution < 1.29 is 9.90 Å². The van der Waals surface area contributed by atoms with Crippen molar-refractivity contribution in [3.8, 4) is 0 Å². The molecule has 4 nitrogen and oxygen atoms in total. The van der Waals surface area contributed by atoms with Gasteiger partial charge in [-0.15, -0.1) is 0 Å². The minimum absolute atomic E-state index is 0.0736. The van der Waals surface area contributed by atoms with Crippen LogP contribution < -0.4 is 0 Å². The number of imidazole rings is 1. The summed E-state index contributed by atoms with van der Waals surface area (Å²) in [5.41, 5.74) is 0.261. The Labute approximate surface area is 112 Å². The maximum atomic E-state index is 10.7. The predicted molar refractivity (Wildman–Crippen MR) is 71.9 cm³/mol. The molecule has 0 saturated heterocycles. The molecule has 1 N–H and O–H groups in total. The number of carbonyl (C=O) groups is 1. The van der Waals surface area contributed by atoms with E-state index >= 15 is 0 Å². The van der Waals surface area contributed by atoms with Crippen molar-refractivity contribution in [1.29, 1.82) is 0 Å². The van der Waals surface area contributed by atoms with Crippen LogP contribution in [-0.4, -0.2) is 26.4 Å². The van der Waals surface area contributed by atoms with Crippen molar-refractivity contribution in [1.82, 2.24) is 9.55 Å². The van der Waals surface area contributed by atoms with E-state index in [4.69, 9.17) is 5.11 Å². The maximum absolute atomic E-state index is 10.7. The van der Waals surface area contributed by atoms with Crippen LogP contribution in [0.1, 0.15) is 45.6 Å². The SMILES string of the molecule is CC1(C)CCCCC1n1ccnc1SCC(=O)O. The quantitative estimate of drug-likeness (QED) is 0.852. The molecule has 0 spiro atoms. The number of nitrogens with zero attached hydrogens (tertiary/aromatic N) is 2. The third-order valence-corrected chi connectivity index (χ3v) is 4.71. The van der Waals surface area contributed by atoms with E-state index in [9.17, 15) is 4.79 Å². The number of hydrogen-bond acceptors (Lipinski definition) is 3. The Morgan fingerprint density at radius 1 is 1.61 bits per heavy atom. The van der Waals surface area contributed by atoms with Gasteiger partial charge >= 0.3 is 5.97 Å². The molecule has 2 rings (SSSR count). The maximum Gasteiger partial charge on any atom is 0.313 e. The van der Waals surface area contributed by atoms with Crippen LogP contribution in [0.15, 0.2) is 17.6 Å². The molecule has 0 aliphatic heterocycles. The Morgan fingerprint density at radius 2 is 2.39 bits per heavy atom. The van der Waals surface area contributed by atoms with Crippen LogP contribution >= 0.6 is 11.8 Å². The minimum Gasteiger partial charge on any atom is -0.481 e. The second-order valence-corrected chi connectivity index (χ2v) is 6.49. The van der Waals surface area contributed by atoms with Gasteiger partial charge in [0.1, 0.15) is 0 Å². The summed E-state index contributed by atoms with van der Waals surface area (Å²) in [4.78, 5) is 14.9. The zero-order chi connectivity index (χ0) is 13.2. The molecule has 1 aromatic rings. The molecule has 1 aliphatic carbocycles. The molecular weight excluding hydrogens is 248 g/mol. The lowest BCUT2D eigenvalue weighted by Crippen LogP contribution is -2.30. The van der Waals surface area contributed by atoms with Crippen LogP contribution in [0.3, 0.4) is 0 Å². The molecule has 1 aromatic heterocycles. The van der Waals surface area contributed by atoms with Crippen LogP contribution in [0, 0.1) is 5.41 Å². The van der Waals surface area contributed by atoms with Gasteiger partial charge in [0.2, 0.25) is 0 Å². The third-order valence-electron chi connectivity index (χ3n) is 3.74. The molecule has 0 amide bonds. The smallest absolute Gasteiger partial charge is 0.313 e. The highest BCUT2D eigenvalue weighted by Crippen LogP contribution is 2.44. The van der Waals surface area contributed by atoms with Gasteiger partial charge in [-0.25, -0.2) is 4.98 Å². The molecule has 0 radical (unpaired) electrons. The summed E-state index contributed by atoms with van der Waals surface area (Å²) in [6.45, 7) is 4.59. The Morgan fingerprint density at radius 3 is 3.06 bits per heavy atom. The van der Waals surface area contributed by atoms with Gasteiger partial charge in [-0.05, 0) is 18.3 Å². The number of hydrogen-bond donors (Lipinski definition) is 1. The minimum atomic E-state index is -0.794. The lowest BCUT2D eigenvalue weighted by molar-refractivity contribution is -0.133. The lowest BCUT2D eigenvalue weighted by Gasteiger charge is -2.39. The molecule has 1 saturated carbocycles. The van der Waals surface area contributed by atoms with E-state index in [1.165, 1.54) is 31.0 Å². The van der Waals surface area contributed by atoms with E-state index < -0.39 is 5.97 Å². The number of thioether (sulfide) groups is 1. The fourth-order valence-corrected chi connectivity index (χ4v) is 3.49. The van der Waals surface area contributed by atoms with Gasteiger partial charge in [0.25, 0.3) is 0 Å². The Balaban J connectivity index is 2.17. The van der Waals surface area contributed by atoms with Crippen LogP contribution in [0.5, 0.6) is 0 Å². The molecule has 0 aromatic carbocycles. The van der Waals surface area contributed by atoms with E-state index in [-0.39, 0.29) is 11.2 Å². The second kappa shape index (κ2) is 5.34. The van der Waals surface area contributed by atoms with E-state index in [2.05, 4.69) is 23.4 Å². The van der Waals surface area contributed by atoms with Crippen LogP contribution in [0.2, 0.25) is 0 Å². The molecule has 1 aliphatic rings. The predicted octanol–water partition coefficient (Wildman–Crippen LogP) is 3.20. The average molecular weight is 268 g/mol. The van der Waals surface area contributed by atoms with Gasteiger partial charge in [0.15, 0.2) is 5.16 Å². The van der Waals surface area contributed by atoms with Crippen LogP contribution in [0.25, 0.3) is 0 Å². The molecule has 1 atom stereocenters. The molecule has 1 fully saturated rings. The van der Waals surface area contributed by atoms with E-state index in [1.54, 1.807) is 6.20 Å².